The van der Waals surface area contributed by atoms with Gasteiger partial charge in [-0.1, -0.05) is 18.2 Å². The number of benzene rings is 2. The van der Waals surface area contributed by atoms with E-state index in [9.17, 15) is 0 Å². The van der Waals surface area contributed by atoms with E-state index in [1.165, 1.54) is 0 Å². The average Bonchev–Trinajstić information content (AvgIpc) is 2.32. The Kier molecular flexibility index (Phi) is 3.66. The number of hydrogen-bond donors (Lipinski definition) is 1. The molecule has 2 nitrogen and oxygen atoms in total. The van der Waals surface area contributed by atoms with E-state index < -0.39 is 0 Å². The fourth-order valence-electron chi connectivity index (χ4n) is 1.58. The maximum Gasteiger partial charge on any atom is 0.127 e. The highest BCUT2D eigenvalue weighted by Crippen LogP contribution is 2.22. The van der Waals surface area contributed by atoms with E-state index >= 15 is 0 Å². The van der Waals surface area contributed by atoms with Crippen molar-refractivity contribution in [2.75, 3.05) is 5.32 Å². The van der Waals surface area contributed by atoms with Gasteiger partial charge in [-0.3, -0.25) is 0 Å². The lowest BCUT2D eigenvalue weighted by Gasteiger charge is -2.11. The summed E-state index contributed by atoms with van der Waals surface area (Å²) in [6, 6.07) is 18.2. The lowest BCUT2D eigenvalue weighted by atomic mass is 10.2. The van der Waals surface area contributed by atoms with Crippen molar-refractivity contribution in [2.45, 2.75) is 19.9 Å². The molecule has 0 aliphatic carbocycles. The summed E-state index contributed by atoms with van der Waals surface area (Å²) in [6.45, 7) is 4.24. The van der Waals surface area contributed by atoms with Crippen molar-refractivity contribution in [3.63, 3.8) is 0 Å². The molecule has 88 valence electrons. The molecule has 0 aliphatic rings. The average molecular weight is 227 g/mol. The van der Waals surface area contributed by atoms with E-state index in [1.807, 2.05) is 54.6 Å². The van der Waals surface area contributed by atoms with Crippen LogP contribution in [0.25, 0.3) is 0 Å². The van der Waals surface area contributed by atoms with E-state index in [0.29, 0.717) is 6.04 Å². The summed E-state index contributed by atoms with van der Waals surface area (Å²) in [5, 5.41) is 3.34. The summed E-state index contributed by atoms with van der Waals surface area (Å²) in [7, 11) is 0. The van der Waals surface area contributed by atoms with Crippen LogP contribution in [-0.2, 0) is 0 Å². The number of ether oxygens (including phenoxy) is 1. The Morgan fingerprint density at radius 3 is 2.00 bits per heavy atom. The number of nitrogens with one attached hydrogen (secondary N) is 1. The van der Waals surface area contributed by atoms with Gasteiger partial charge in [0.2, 0.25) is 0 Å². The third kappa shape index (κ3) is 3.52. The Bertz CT molecular complexity index is 448. The molecular formula is C15H17NO. The summed E-state index contributed by atoms with van der Waals surface area (Å²) in [5.74, 6) is 1.71. The van der Waals surface area contributed by atoms with Crippen LogP contribution in [0.4, 0.5) is 5.69 Å². The van der Waals surface area contributed by atoms with Crippen molar-refractivity contribution in [3.05, 3.63) is 54.6 Å². The molecule has 0 atom stereocenters. The molecule has 0 spiro atoms. The van der Waals surface area contributed by atoms with Crippen LogP contribution in [-0.4, -0.2) is 6.04 Å². The first-order valence-electron chi connectivity index (χ1n) is 5.83. The van der Waals surface area contributed by atoms with E-state index in [2.05, 4.69) is 19.2 Å². The zero-order valence-electron chi connectivity index (χ0n) is 10.2. The van der Waals surface area contributed by atoms with Crippen molar-refractivity contribution in [2.24, 2.45) is 0 Å². The highest BCUT2D eigenvalue weighted by atomic mass is 16.5. The fourth-order valence-corrected chi connectivity index (χ4v) is 1.58. The first-order valence-corrected chi connectivity index (χ1v) is 5.83. The van der Waals surface area contributed by atoms with Gasteiger partial charge in [-0.25, -0.2) is 0 Å². The van der Waals surface area contributed by atoms with Crippen molar-refractivity contribution in [1.82, 2.24) is 0 Å². The first kappa shape index (κ1) is 11.5. The molecule has 0 radical (unpaired) electrons. The normalized spacial score (nSPS) is 10.3. The Hall–Kier alpha value is -1.96. The maximum absolute atomic E-state index is 5.71. The van der Waals surface area contributed by atoms with Crippen molar-refractivity contribution < 1.29 is 4.74 Å². The third-order valence-electron chi connectivity index (χ3n) is 2.29. The summed E-state index contributed by atoms with van der Waals surface area (Å²) in [6.07, 6.45) is 0. The lowest BCUT2D eigenvalue weighted by molar-refractivity contribution is 0.483. The summed E-state index contributed by atoms with van der Waals surface area (Å²) >= 11 is 0. The van der Waals surface area contributed by atoms with Crippen molar-refractivity contribution in [1.29, 1.82) is 0 Å². The molecule has 0 heterocycles. The second kappa shape index (κ2) is 5.39. The lowest BCUT2D eigenvalue weighted by Crippen LogP contribution is -2.09. The van der Waals surface area contributed by atoms with Crippen LogP contribution in [0.3, 0.4) is 0 Å². The van der Waals surface area contributed by atoms with Crippen LogP contribution in [0.1, 0.15) is 13.8 Å². The molecule has 0 aromatic heterocycles. The van der Waals surface area contributed by atoms with Gasteiger partial charge in [0.15, 0.2) is 0 Å². The van der Waals surface area contributed by atoms with Crippen LogP contribution >= 0.6 is 0 Å². The van der Waals surface area contributed by atoms with Gasteiger partial charge in [0, 0.05) is 11.7 Å². The second-order valence-corrected chi connectivity index (χ2v) is 4.24. The SMILES string of the molecule is CC(C)Nc1ccc(Oc2ccccc2)cc1. The maximum atomic E-state index is 5.71. The topological polar surface area (TPSA) is 21.3 Å². The van der Waals surface area contributed by atoms with Gasteiger partial charge in [0.05, 0.1) is 0 Å². The molecule has 1 N–H and O–H groups in total. The van der Waals surface area contributed by atoms with E-state index in [4.69, 9.17) is 4.74 Å². The van der Waals surface area contributed by atoms with Crippen LogP contribution < -0.4 is 10.1 Å². The molecule has 2 heteroatoms. The highest BCUT2D eigenvalue weighted by molar-refractivity contribution is 5.47. The Morgan fingerprint density at radius 2 is 1.41 bits per heavy atom. The first-order chi connectivity index (χ1) is 8.24. The molecular weight excluding hydrogens is 210 g/mol. The summed E-state index contributed by atoms with van der Waals surface area (Å²) in [5.41, 5.74) is 1.11. The van der Waals surface area contributed by atoms with Gasteiger partial charge >= 0.3 is 0 Å². The number of anilines is 1. The molecule has 0 bridgehead atoms. The van der Waals surface area contributed by atoms with Gasteiger partial charge < -0.3 is 10.1 Å². The minimum absolute atomic E-state index is 0.441. The number of para-hydroxylation sites is 1. The van der Waals surface area contributed by atoms with Crippen LogP contribution in [0.5, 0.6) is 11.5 Å². The third-order valence-corrected chi connectivity index (χ3v) is 2.29. The molecule has 17 heavy (non-hydrogen) atoms. The monoisotopic (exact) mass is 227 g/mol. The number of hydrogen-bond acceptors (Lipinski definition) is 2. The second-order valence-electron chi connectivity index (χ2n) is 4.24. The molecule has 0 unspecified atom stereocenters. The molecule has 2 aromatic rings. The van der Waals surface area contributed by atoms with Crippen LogP contribution in [0.15, 0.2) is 54.6 Å². The van der Waals surface area contributed by atoms with E-state index in [1.54, 1.807) is 0 Å². The minimum Gasteiger partial charge on any atom is -0.457 e. The van der Waals surface area contributed by atoms with E-state index in [0.717, 1.165) is 17.2 Å². The largest absolute Gasteiger partial charge is 0.457 e. The smallest absolute Gasteiger partial charge is 0.127 e. The molecule has 0 amide bonds. The predicted octanol–water partition coefficient (Wildman–Crippen LogP) is 4.30. The predicted molar refractivity (Wildman–Crippen MR) is 71.7 cm³/mol. The minimum atomic E-state index is 0.441. The Balaban J connectivity index is 2.03. The molecule has 0 aliphatic heterocycles. The molecule has 2 aromatic carbocycles. The van der Waals surface area contributed by atoms with Crippen molar-refractivity contribution >= 4 is 5.69 Å². The van der Waals surface area contributed by atoms with Crippen LogP contribution in [0.2, 0.25) is 0 Å². The molecule has 0 saturated heterocycles. The quantitative estimate of drug-likeness (QED) is 0.840. The highest BCUT2D eigenvalue weighted by Gasteiger charge is 1.98. The molecule has 0 saturated carbocycles. The zero-order valence-corrected chi connectivity index (χ0v) is 10.2. The summed E-state index contributed by atoms with van der Waals surface area (Å²) < 4.78 is 5.71. The Labute approximate surface area is 102 Å². The van der Waals surface area contributed by atoms with Gasteiger partial charge in [-0.05, 0) is 50.2 Å². The van der Waals surface area contributed by atoms with Gasteiger partial charge in [0.25, 0.3) is 0 Å². The number of rotatable bonds is 4. The zero-order chi connectivity index (χ0) is 12.1. The van der Waals surface area contributed by atoms with Gasteiger partial charge in [0.1, 0.15) is 11.5 Å². The van der Waals surface area contributed by atoms with Gasteiger partial charge in [-0.2, -0.15) is 0 Å². The van der Waals surface area contributed by atoms with E-state index in [-0.39, 0.29) is 0 Å². The van der Waals surface area contributed by atoms with Crippen LogP contribution in [0, 0.1) is 0 Å². The van der Waals surface area contributed by atoms with Crippen molar-refractivity contribution in [3.8, 4) is 11.5 Å². The fraction of sp³-hybridized carbons (Fsp3) is 0.200. The Morgan fingerprint density at radius 1 is 0.824 bits per heavy atom. The van der Waals surface area contributed by atoms with Gasteiger partial charge in [-0.15, -0.1) is 0 Å². The standard InChI is InChI=1S/C15H17NO/c1-12(2)16-13-8-10-15(11-9-13)17-14-6-4-3-5-7-14/h3-12,16H,1-2H3. The molecule has 2 rings (SSSR count). The summed E-state index contributed by atoms with van der Waals surface area (Å²) in [4.78, 5) is 0. The molecule has 0 fully saturated rings.